The van der Waals surface area contributed by atoms with Crippen molar-refractivity contribution < 1.29 is 8.76 Å². The molecule has 0 rings (SSSR count). The van der Waals surface area contributed by atoms with Crippen LogP contribution in [0.1, 0.15) is 27.7 Å². The summed E-state index contributed by atoms with van der Waals surface area (Å²) < 4.78 is 22.7. The van der Waals surface area contributed by atoms with Crippen molar-refractivity contribution in [3.63, 3.8) is 0 Å². The Morgan fingerprint density at radius 2 is 2.15 bits per heavy atom. The molecule has 0 fully saturated rings. The van der Waals surface area contributed by atoms with Gasteiger partial charge < -0.3 is 4.55 Å². The molecule has 13 heavy (non-hydrogen) atoms. The first-order valence-electron chi connectivity index (χ1n) is 4.04. The normalized spacial score (nSPS) is 12.8. The molecule has 1 N–H and O–H groups in total. The molecule has 0 saturated heterocycles. The fraction of sp³-hybridized carbons (Fsp3) is 0.857. The van der Waals surface area contributed by atoms with Gasteiger partial charge in [0.25, 0.3) is 0 Å². The van der Waals surface area contributed by atoms with Gasteiger partial charge in [-0.3, -0.25) is 9.22 Å². The van der Waals surface area contributed by atoms with Gasteiger partial charge in [0, 0.05) is 23.0 Å². The summed E-state index contributed by atoms with van der Waals surface area (Å²) in [7, 11) is 0. The van der Waals surface area contributed by atoms with Gasteiger partial charge in [-0.15, -0.1) is 0 Å². The molecule has 0 aliphatic carbocycles. The summed E-state index contributed by atoms with van der Waals surface area (Å²) in [4.78, 5) is 0. The summed E-state index contributed by atoms with van der Waals surface area (Å²) >= 11 is -2.23. The van der Waals surface area contributed by atoms with Gasteiger partial charge in [-0.2, -0.15) is 5.10 Å². The molecule has 0 bridgehead atoms. The van der Waals surface area contributed by atoms with Gasteiger partial charge in [-0.05, 0) is 27.7 Å². The molecule has 0 aromatic heterocycles. The second kappa shape index (κ2) is 6.06. The van der Waals surface area contributed by atoms with Gasteiger partial charge in [0.15, 0.2) is 0 Å². The maximum Gasteiger partial charge on any atom is 0.0959 e. The van der Waals surface area contributed by atoms with E-state index >= 15 is 0 Å². The minimum atomic E-state index is -2.23. The minimum Gasteiger partial charge on any atom is -0.760 e. The van der Waals surface area contributed by atoms with Gasteiger partial charge in [0.1, 0.15) is 0 Å². The summed E-state index contributed by atoms with van der Waals surface area (Å²) in [6.07, 6.45) is 0. The Balaban J connectivity index is 4.11. The first-order chi connectivity index (χ1) is 5.93. The first-order valence-corrected chi connectivity index (χ1v) is 5.12. The van der Waals surface area contributed by atoms with Gasteiger partial charge in [0.05, 0.1) is 6.67 Å². The van der Waals surface area contributed by atoms with E-state index in [0.717, 1.165) is 5.71 Å². The lowest BCUT2D eigenvalue weighted by atomic mass is 10.4. The second-order valence-corrected chi connectivity index (χ2v) is 3.88. The molecule has 0 amide bonds. The third kappa shape index (κ3) is 6.68. The van der Waals surface area contributed by atoms with Crippen LogP contribution in [0, 0.1) is 0 Å². The van der Waals surface area contributed by atoms with Crippen LogP contribution < -0.4 is 4.72 Å². The fourth-order valence-corrected chi connectivity index (χ4v) is 0.947. The zero-order valence-corrected chi connectivity index (χ0v) is 9.22. The van der Waals surface area contributed by atoms with E-state index in [0.29, 0.717) is 0 Å². The van der Waals surface area contributed by atoms with Crippen molar-refractivity contribution in [3.8, 4) is 0 Å². The topological polar surface area (TPSA) is 67.8 Å². The molecule has 0 spiro atoms. The number of rotatable bonds is 5. The Bertz CT molecular complexity index is 202. The predicted octanol–water partition coefficient (Wildman–Crippen LogP) is 0.434. The minimum absolute atomic E-state index is 0.172. The van der Waals surface area contributed by atoms with Crippen LogP contribution in [0.3, 0.4) is 0 Å². The van der Waals surface area contributed by atoms with Gasteiger partial charge >= 0.3 is 0 Å². The highest BCUT2D eigenvalue weighted by molar-refractivity contribution is 7.77. The van der Waals surface area contributed by atoms with Crippen molar-refractivity contribution in [2.45, 2.75) is 33.7 Å². The third-order valence-corrected chi connectivity index (χ3v) is 1.63. The van der Waals surface area contributed by atoms with E-state index < -0.39 is 11.3 Å². The van der Waals surface area contributed by atoms with Crippen molar-refractivity contribution in [3.05, 3.63) is 0 Å². The van der Waals surface area contributed by atoms with E-state index in [-0.39, 0.29) is 12.7 Å². The smallest absolute Gasteiger partial charge is 0.0959 e. The molecule has 78 valence electrons. The average molecular weight is 206 g/mol. The Kier molecular flexibility index (Phi) is 5.85. The van der Waals surface area contributed by atoms with Crippen LogP contribution >= 0.6 is 0 Å². The number of hydrogen-bond donors (Lipinski definition) is 1. The molecule has 0 radical (unpaired) electrons. The van der Waals surface area contributed by atoms with Crippen LogP contribution in [0.2, 0.25) is 0 Å². The third-order valence-electron chi connectivity index (χ3n) is 1.27. The standard InChI is InChI=1S/C7H17N3O2S/c1-6(2)9-10(7(3)4)5-8-13(11)12/h7-8H,5H2,1-4H3,(H,11,12)/p-1. The molecule has 6 heteroatoms. The first kappa shape index (κ1) is 12.5. The molecule has 0 aromatic rings. The SMILES string of the molecule is CC(C)=NN(CNS(=O)[O-])C(C)C. The van der Waals surface area contributed by atoms with Crippen LogP contribution in [-0.4, -0.2) is 32.2 Å². The van der Waals surface area contributed by atoms with E-state index in [4.69, 9.17) is 0 Å². The molecule has 1 unspecified atom stereocenters. The van der Waals surface area contributed by atoms with Crippen LogP contribution in [0.25, 0.3) is 0 Å². The molecular weight excluding hydrogens is 190 g/mol. The molecule has 0 aliphatic rings. The van der Waals surface area contributed by atoms with Gasteiger partial charge in [-0.25, -0.2) is 4.72 Å². The van der Waals surface area contributed by atoms with Crippen molar-refractivity contribution >= 4 is 17.0 Å². The summed E-state index contributed by atoms with van der Waals surface area (Å²) in [5.41, 5.74) is 0.896. The average Bonchev–Trinajstić information content (AvgIpc) is 1.96. The zero-order chi connectivity index (χ0) is 10.4. The highest BCUT2D eigenvalue weighted by Crippen LogP contribution is 1.97. The Morgan fingerprint density at radius 1 is 1.62 bits per heavy atom. The monoisotopic (exact) mass is 206 g/mol. The van der Waals surface area contributed by atoms with Gasteiger partial charge in [-0.1, -0.05) is 0 Å². The molecule has 0 aromatic carbocycles. The highest BCUT2D eigenvalue weighted by atomic mass is 32.2. The predicted molar refractivity (Wildman–Crippen MR) is 52.7 cm³/mol. The molecule has 0 heterocycles. The number of nitrogens with one attached hydrogen (secondary N) is 1. The molecule has 1 atom stereocenters. The Hall–Kier alpha value is -0.460. The number of nitrogens with zero attached hydrogens (tertiary/aromatic N) is 2. The van der Waals surface area contributed by atoms with Crippen LogP contribution in [0.5, 0.6) is 0 Å². The Labute approximate surface area is 81.6 Å². The van der Waals surface area contributed by atoms with E-state index in [1.54, 1.807) is 5.01 Å². The van der Waals surface area contributed by atoms with E-state index in [9.17, 15) is 8.76 Å². The lowest BCUT2D eigenvalue weighted by molar-refractivity contribution is 0.228. The zero-order valence-electron chi connectivity index (χ0n) is 8.40. The summed E-state index contributed by atoms with van der Waals surface area (Å²) in [6.45, 7) is 7.83. The number of hydrogen-bond acceptors (Lipinski definition) is 4. The maximum absolute atomic E-state index is 10.2. The van der Waals surface area contributed by atoms with Crippen LogP contribution in [-0.2, 0) is 11.3 Å². The lowest BCUT2D eigenvalue weighted by Gasteiger charge is -2.24. The molecule has 0 aliphatic heterocycles. The van der Waals surface area contributed by atoms with Crippen LogP contribution in [0.15, 0.2) is 5.10 Å². The molecular formula is C7H16N3O2S-. The van der Waals surface area contributed by atoms with Gasteiger partial charge in [0.2, 0.25) is 0 Å². The van der Waals surface area contributed by atoms with E-state index in [1.165, 1.54) is 0 Å². The summed E-state index contributed by atoms with van der Waals surface area (Å²) in [5, 5.41) is 5.83. The van der Waals surface area contributed by atoms with E-state index in [2.05, 4.69) is 9.82 Å². The summed E-state index contributed by atoms with van der Waals surface area (Å²) in [5.74, 6) is 0. The largest absolute Gasteiger partial charge is 0.760 e. The molecule has 5 nitrogen and oxygen atoms in total. The van der Waals surface area contributed by atoms with Crippen LogP contribution in [0.4, 0.5) is 0 Å². The summed E-state index contributed by atoms with van der Waals surface area (Å²) in [6, 6.07) is 0.172. The Morgan fingerprint density at radius 3 is 2.46 bits per heavy atom. The van der Waals surface area contributed by atoms with E-state index in [1.807, 2.05) is 27.7 Å². The number of hydrazone groups is 1. The van der Waals surface area contributed by atoms with Crippen molar-refractivity contribution in [1.82, 2.24) is 9.73 Å². The fourth-order valence-electron chi connectivity index (χ4n) is 0.709. The molecule has 0 saturated carbocycles. The van der Waals surface area contributed by atoms with Crippen molar-refractivity contribution in [2.75, 3.05) is 6.67 Å². The van der Waals surface area contributed by atoms with Crippen molar-refractivity contribution in [1.29, 1.82) is 0 Å². The van der Waals surface area contributed by atoms with Crippen molar-refractivity contribution in [2.24, 2.45) is 5.10 Å². The highest BCUT2D eigenvalue weighted by Gasteiger charge is 2.04. The quantitative estimate of drug-likeness (QED) is 0.307. The maximum atomic E-state index is 10.2. The lowest BCUT2D eigenvalue weighted by Crippen LogP contribution is -2.36. The second-order valence-electron chi connectivity index (χ2n) is 3.12.